The van der Waals surface area contributed by atoms with E-state index in [4.69, 9.17) is 19.2 Å². The molecule has 0 aliphatic carbocycles. The van der Waals surface area contributed by atoms with Crippen LogP contribution in [-0.4, -0.2) is 59.9 Å². The Kier molecular flexibility index (Phi) is 6.50. The van der Waals surface area contributed by atoms with E-state index in [9.17, 15) is 18.0 Å². The first-order chi connectivity index (χ1) is 16.9. The van der Waals surface area contributed by atoms with Gasteiger partial charge >= 0.3 is 6.18 Å². The fourth-order valence-corrected chi connectivity index (χ4v) is 5.13. The molecular weight excluding hydrogens is 483 g/mol. The van der Waals surface area contributed by atoms with Gasteiger partial charge in [0.25, 0.3) is 5.91 Å². The van der Waals surface area contributed by atoms with Crippen molar-refractivity contribution < 1.29 is 32.2 Å². The number of carbonyl (C=O) groups excluding carboxylic acids is 1. The molecule has 5 rings (SSSR count). The molecule has 7 nitrogen and oxygen atoms in total. The van der Waals surface area contributed by atoms with E-state index in [2.05, 4.69) is 4.98 Å². The molecular formula is C24H22F3N3O4S. The smallest absolute Gasteiger partial charge is 0.422 e. The zero-order valence-electron chi connectivity index (χ0n) is 18.6. The Morgan fingerprint density at radius 2 is 1.91 bits per heavy atom. The lowest BCUT2D eigenvalue weighted by Crippen LogP contribution is -2.38. The topological polar surface area (TPSA) is 73.8 Å². The minimum Gasteiger partial charge on any atom is -0.486 e. The van der Waals surface area contributed by atoms with Crippen LogP contribution in [0.25, 0.3) is 11.3 Å². The Balaban J connectivity index is 1.22. The van der Waals surface area contributed by atoms with E-state index in [1.807, 2.05) is 23.6 Å². The quantitative estimate of drug-likeness (QED) is 0.489. The second-order valence-electron chi connectivity index (χ2n) is 8.26. The Morgan fingerprint density at radius 3 is 2.69 bits per heavy atom. The lowest BCUT2D eigenvalue weighted by Gasteiger charge is -2.31. The number of rotatable bonds is 5. The van der Waals surface area contributed by atoms with Crippen LogP contribution in [-0.2, 0) is 0 Å². The summed E-state index contributed by atoms with van der Waals surface area (Å²) in [5, 5.41) is 3.01. The van der Waals surface area contributed by atoms with Crippen LogP contribution in [0.5, 0.6) is 17.4 Å². The molecule has 3 aromatic rings. The van der Waals surface area contributed by atoms with Crippen LogP contribution in [0.3, 0.4) is 0 Å². The van der Waals surface area contributed by atoms with Crippen molar-refractivity contribution in [3.8, 4) is 28.6 Å². The van der Waals surface area contributed by atoms with Gasteiger partial charge in [0.15, 0.2) is 18.1 Å². The van der Waals surface area contributed by atoms with Gasteiger partial charge in [-0.05, 0) is 43.2 Å². The maximum Gasteiger partial charge on any atom is 0.422 e. The van der Waals surface area contributed by atoms with Crippen LogP contribution in [0.4, 0.5) is 13.2 Å². The van der Waals surface area contributed by atoms with Crippen molar-refractivity contribution in [1.82, 2.24) is 14.9 Å². The highest BCUT2D eigenvalue weighted by atomic mass is 32.1. The normalized spacial score (nSPS) is 16.3. The maximum absolute atomic E-state index is 13.0. The third-order valence-electron chi connectivity index (χ3n) is 5.87. The van der Waals surface area contributed by atoms with Crippen molar-refractivity contribution in [3.63, 3.8) is 0 Å². The maximum atomic E-state index is 13.0. The summed E-state index contributed by atoms with van der Waals surface area (Å²) in [7, 11) is 0. The molecule has 0 bridgehead atoms. The Labute approximate surface area is 203 Å². The lowest BCUT2D eigenvalue weighted by molar-refractivity contribution is -0.154. The molecule has 184 valence electrons. The van der Waals surface area contributed by atoms with Gasteiger partial charge in [-0.1, -0.05) is 0 Å². The zero-order valence-corrected chi connectivity index (χ0v) is 19.4. The predicted octanol–water partition coefficient (Wildman–Crippen LogP) is 4.94. The number of hydrogen-bond acceptors (Lipinski definition) is 7. The van der Waals surface area contributed by atoms with E-state index in [-0.39, 0.29) is 23.3 Å². The number of pyridine rings is 1. The Bertz CT molecular complexity index is 1210. The number of carbonyl (C=O) groups is 1. The monoisotopic (exact) mass is 505 g/mol. The highest BCUT2D eigenvalue weighted by Crippen LogP contribution is 2.37. The summed E-state index contributed by atoms with van der Waals surface area (Å²) >= 11 is 1.58. The van der Waals surface area contributed by atoms with Gasteiger partial charge in [0.1, 0.15) is 18.8 Å². The number of likely N-dealkylation sites (tertiary alicyclic amines) is 1. The van der Waals surface area contributed by atoms with Crippen LogP contribution in [0.2, 0.25) is 0 Å². The molecule has 4 heterocycles. The second-order valence-corrected chi connectivity index (χ2v) is 9.15. The van der Waals surface area contributed by atoms with E-state index in [0.29, 0.717) is 44.9 Å². The molecule has 0 radical (unpaired) electrons. The number of nitrogens with zero attached hydrogens (tertiary/aromatic N) is 3. The van der Waals surface area contributed by atoms with Crippen molar-refractivity contribution in [2.24, 2.45) is 0 Å². The van der Waals surface area contributed by atoms with Crippen molar-refractivity contribution in [3.05, 3.63) is 52.5 Å². The first kappa shape index (κ1) is 23.4. The number of amides is 1. The number of alkyl halides is 3. The standard InChI is InChI=1S/C24H22F3N3O4S/c25-24(26,27)14-34-21-17(2-1-7-28-21)23(31)30-8-5-15(6-9-30)22-29-18(13-35-22)16-3-4-19-20(12-16)33-11-10-32-19/h1-4,7,12-13,15H,5-6,8-11,14H2. The molecule has 0 spiro atoms. The van der Waals surface area contributed by atoms with Gasteiger partial charge in [-0.2, -0.15) is 13.2 Å². The zero-order chi connectivity index (χ0) is 24.4. The first-order valence-corrected chi connectivity index (χ1v) is 12.0. The molecule has 2 aromatic heterocycles. The predicted molar refractivity (Wildman–Crippen MR) is 122 cm³/mol. The van der Waals surface area contributed by atoms with Crippen LogP contribution in [0.15, 0.2) is 41.9 Å². The summed E-state index contributed by atoms with van der Waals surface area (Å²) in [6, 6.07) is 8.72. The SMILES string of the molecule is O=C(c1cccnc1OCC(F)(F)F)N1CCC(c2nc(-c3ccc4c(c3)OCCO4)cs2)CC1. The van der Waals surface area contributed by atoms with Crippen molar-refractivity contribution >= 4 is 17.2 Å². The van der Waals surface area contributed by atoms with Gasteiger partial charge in [-0.15, -0.1) is 11.3 Å². The minimum absolute atomic E-state index is 0.0327. The van der Waals surface area contributed by atoms with Crippen molar-refractivity contribution in [1.29, 1.82) is 0 Å². The van der Waals surface area contributed by atoms with Gasteiger partial charge in [0.05, 0.1) is 10.7 Å². The molecule has 11 heteroatoms. The molecule has 0 unspecified atom stereocenters. The van der Waals surface area contributed by atoms with E-state index in [1.165, 1.54) is 18.3 Å². The van der Waals surface area contributed by atoms with Gasteiger partial charge in [-0.3, -0.25) is 4.79 Å². The number of fused-ring (bicyclic) bond motifs is 1. The minimum atomic E-state index is -4.51. The van der Waals surface area contributed by atoms with Gasteiger partial charge < -0.3 is 19.1 Å². The summed E-state index contributed by atoms with van der Waals surface area (Å²) < 4.78 is 53.7. The van der Waals surface area contributed by atoms with E-state index < -0.39 is 12.8 Å². The fourth-order valence-electron chi connectivity index (χ4n) is 4.13. The van der Waals surface area contributed by atoms with Gasteiger partial charge in [0, 0.05) is 36.1 Å². The number of hydrogen-bond donors (Lipinski definition) is 0. The number of thiazole rings is 1. The van der Waals surface area contributed by atoms with Gasteiger partial charge in [0.2, 0.25) is 5.88 Å². The summed E-state index contributed by atoms with van der Waals surface area (Å²) in [4.78, 5) is 23.3. The number of ether oxygens (including phenoxy) is 3. The molecule has 1 aromatic carbocycles. The summed E-state index contributed by atoms with van der Waals surface area (Å²) in [6.07, 6.45) is -1.79. The van der Waals surface area contributed by atoms with Crippen LogP contribution < -0.4 is 14.2 Å². The average Bonchev–Trinajstić information content (AvgIpc) is 3.37. The molecule has 35 heavy (non-hydrogen) atoms. The Hall–Kier alpha value is -3.34. The third-order valence-corrected chi connectivity index (χ3v) is 6.87. The largest absolute Gasteiger partial charge is 0.486 e. The molecule has 1 amide bonds. The summed E-state index contributed by atoms with van der Waals surface area (Å²) in [5.41, 5.74) is 1.85. The molecule has 1 saturated heterocycles. The highest BCUT2D eigenvalue weighted by molar-refractivity contribution is 7.10. The van der Waals surface area contributed by atoms with Crippen LogP contribution in [0, 0.1) is 0 Å². The molecule has 0 atom stereocenters. The highest BCUT2D eigenvalue weighted by Gasteiger charge is 2.31. The molecule has 2 aliphatic heterocycles. The van der Waals surface area contributed by atoms with Crippen LogP contribution >= 0.6 is 11.3 Å². The van der Waals surface area contributed by atoms with E-state index in [1.54, 1.807) is 16.2 Å². The second kappa shape index (κ2) is 9.73. The number of halogens is 3. The number of piperidine rings is 1. The van der Waals surface area contributed by atoms with E-state index in [0.717, 1.165) is 22.0 Å². The molecule has 2 aliphatic rings. The fraction of sp³-hybridized carbons (Fsp3) is 0.375. The van der Waals surface area contributed by atoms with Crippen molar-refractivity contribution in [2.45, 2.75) is 24.9 Å². The van der Waals surface area contributed by atoms with Gasteiger partial charge in [-0.25, -0.2) is 9.97 Å². The van der Waals surface area contributed by atoms with E-state index >= 15 is 0 Å². The molecule has 0 saturated carbocycles. The first-order valence-electron chi connectivity index (χ1n) is 11.2. The number of aromatic nitrogens is 2. The third kappa shape index (κ3) is 5.34. The summed E-state index contributed by atoms with van der Waals surface area (Å²) in [5.74, 6) is 0.952. The molecule has 1 fully saturated rings. The average molecular weight is 506 g/mol. The van der Waals surface area contributed by atoms with Crippen LogP contribution in [0.1, 0.15) is 34.1 Å². The lowest BCUT2D eigenvalue weighted by atomic mass is 9.97. The Morgan fingerprint density at radius 1 is 1.14 bits per heavy atom. The summed E-state index contributed by atoms with van der Waals surface area (Å²) in [6.45, 7) is 0.496. The number of benzene rings is 1. The molecule has 0 N–H and O–H groups in total. The van der Waals surface area contributed by atoms with Crippen molar-refractivity contribution in [2.75, 3.05) is 32.9 Å².